The second kappa shape index (κ2) is 9.00. The summed E-state index contributed by atoms with van der Waals surface area (Å²) in [5, 5.41) is 0. The van der Waals surface area contributed by atoms with Crippen LogP contribution >= 0.6 is 0 Å². The zero-order chi connectivity index (χ0) is 16.6. The van der Waals surface area contributed by atoms with Crippen LogP contribution in [0.3, 0.4) is 0 Å². The lowest BCUT2D eigenvalue weighted by Crippen LogP contribution is -2.35. The Kier molecular flexibility index (Phi) is 6.45. The molecule has 0 spiro atoms. The van der Waals surface area contributed by atoms with Crippen molar-refractivity contribution in [2.24, 2.45) is 0 Å². The van der Waals surface area contributed by atoms with Crippen LogP contribution in [0.15, 0.2) is 54.6 Å². The van der Waals surface area contributed by atoms with Crippen LogP contribution < -0.4 is 0 Å². The molecule has 1 aliphatic heterocycles. The van der Waals surface area contributed by atoms with Gasteiger partial charge >= 0.3 is 0 Å². The average Bonchev–Trinajstić information content (AvgIpc) is 2.64. The first-order valence-corrected chi connectivity index (χ1v) is 9.29. The molecule has 0 aromatic heterocycles. The van der Waals surface area contributed by atoms with Gasteiger partial charge in [0.05, 0.1) is 0 Å². The van der Waals surface area contributed by atoms with E-state index in [2.05, 4.69) is 66.4 Å². The summed E-state index contributed by atoms with van der Waals surface area (Å²) in [7, 11) is 0. The number of rotatable bonds is 7. The monoisotopic (exact) mass is 323 g/mol. The number of piperidine rings is 1. The van der Waals surface area contributed by atoms with E-state index in [1.165, 1.54) is 36.0 Å². The first-order valence-electron chi connectivity index (χ1n) is 9.29. The van der Waals surface area contributed by atoms with E-state index in [0.29, 0.717) is 0 Å². The van der Waals surface area contributed by atoms with Crippen LogP contribution in [0.5, 0.6) is 0 Å². The van der Waals surface area contributed by atoms with E-state index in [4.69, 9.17) is 4.74 Å². The van der Waals surface area contributed by atoms with E-state index in [1.807, 2.05) is 0 Å². The molecule has 1 saturated heterocycles. The number of benzene rings is 2. The van der Waals surface area contributed by atoms with Crippen LogP contribution in [0.25, 0.3) is 0 Å². The number of hydrogen-bond donors (Lipinski definition) is 0. The fourth-order valence-corrected chi connectivity index (χ4v) is 3.41. The summed E-state index contributed by atoms with van der Waals surface area (Å²) in [5.41, 5.74) is 3.99. The Morgan fingerprint density at radius 3 is 2.33 bits per heavy atom. The van der Waals surface area contributed by atoms with Gasteiger partial charge in [-0.25, -0.2) is 0 Å². The van der Waals surface area contributed by atoms with Gasteiger partial charge < -0.3 is 4.74 Å². The molecular weight excluding hydrogens is 294 g/mol. The van der Waals surface area contributed by atoms with Gasteiger partial charge in [0, 0.05) is 19.7 Å². The Balaban J connectivity index is 1.58. The first kappa shape index (κ1) is 17.2. The second-order valence-corrected chi connectivity index (χ2v) is 6.82. The van der Waals surface area contributed by atoms with E-state index in [1.54, 1.807) is 0 Å². The number of hydrogen-bond acceptors (Lipinski definition) is 2. The van der Waals surface area contributed by atoms with Crippen molar-refractivity contribution in [2.75, 3.05) is 19.7 Å². The predicted molar refractivity (Wildman–Crippen MR) is 100 cm³/mol. The largest absolute Gasteiger partial charge is 0.359 e. The van der Waals surface area contributed by atoms with Gasteiger partial charge in [0.2, 0.25) is 0 Å². The zero-order valence-electron chi connectivity index (χ0n) is 14.8. The highest BCUT2D eigenvalue weighted by Crippen LogP contribution is 2.26. The molecule has 128 valence electrons. The van der Waals surface area contributed by atoms with Gasteiger partial charge in [-0.3, -0.25) is 4.90 Å². The first-order chi connectivity index (χ1) is 11.8. The van der Waals surface area contributed by atoms with Crippen molar-refractivity contribution in [1.29, 1.82) is 0 Å². The van der Waals surface area contributed by atoms with Gasteiger partial charge in [0.15, 0.2) is 0 Å². The minimum atomic E-state index is 0.113. The number of nitrogens with zero attached hydrogens (tertiary/aromatic N) is 1. The fourth-order valence-electron chi connectivity index (χ4n) is 3.41. The Morgan fingerprint density at radius 1 is 0.917 bits per heavy atom. The van der Waals surface area contributed by atoms with Gasteiger partial charge in [-0.1, -0.05) is 66.6 Å². The summed E-state index contributed by atoms with van der Waals surface area (Å²) < 4.78 is 6.36. The lowest BCUT2D eigenvalue weighted by atomic mass is 10.1. The van der Waals surface area contributed by atoms with Crippen molar-refractivity contribution >= 4 is 0 Å². The highest BCUT2D eigenvalue weighted by molar-refractivity contribution is 5.23. The molecule has 1 unspecified atom stereocenters. The molecule has 0 saturated carbocycles. The third-order valence-electron chi connectivity index (χ3n) is 4.81. The predicted octanol–water partition coefficient (Wildman–Crippen LogP) is 5.13. The Morgan fingerprint density at radius 2 is 1.62 bits per heavy atom. The fraction of sp³-hybridized carbons (Fsp3) is 0.455. The summed E-state index contributed by atoms with van der Waals surface area (Å²) >= 11 is 0. The summed E-state index contributed by atoms with van der Waals surface area (Å²) in [4.78, 5) is 2.51. The third-order valence-corrected chi connectivity index (χ3v) is 4.81. The minimum absolute atomic E-state index is 0.113. The van der Waals surface area contributed by atoms with E-state index in [0.717, 1.165) is 32.5 Å². The maximum absolute atomic E-state index is 6.36. The van der Waals surface area contributed by atoms with Crippen LogP contribution in [0.1, 0.15) is 48.6 Å². The van der Waals surface area contributed by atoms with Gasteiger partial charge in [0.1, 0.15) is 6.23 Å². The molecule has 0 aliphatic carbocycles. The molecule has 1 heterocycles. The summed E-state index contributed by atoms with van der Waals surface area (Å²) in [6.07, 6.45) is 6.19. The van der Waals surface area contributed by atoms with Gasteiger partial charge in [0.25, 0.3) is 0 Å². The molecule has 3 rings (SSSR count). The van der Waals surface area contributed by atoms with E-state index in [9.17, 15) is 0 Å². The molecule has 2 aromatic rings. The van der Waals surface area contributed by atoms with Crippen molar-refractivity contribution in [3.63, 3.8) is 0 Å². The third kappa shape index (κ3) is 4.93. The zero-order valence-corrected chi connectivity index (χ0v) is 14.8. The molecule has 1 atom stereocenters. The molecule has 0 N–H and O–H groups in total. The lowest BCUT2D eigenvalue weighted by Gasteiger charge is -2.34. The average molecular weight is 323 g/mol. The molecule has 2 aromatic carbocycles. The van der Waals surface area contributed by atoms with Gasteiger partial charge in [-0.2, -0.15) is 0 Å². The van der Waals surface area contributed by atoms with Crippen LogP contribution in [-0.4, -0.2) is 24.6 Å². The molecule has 2 nitrogen and oxygen atoms in total. The van der Waals surface area contributed by atoms with E-state index in [-0.39, 0.29) is 6.23 Å². The number of likely N-dealkylation sites (tertiary alicyclic amines) is 1. The number of ether oxygens (including phenoxy) is 1. The van der Waals surface area contributed by atoms with Crippen LogP contribution in [0.2, 0.25) is 0 Å². The van der Waals surface area contributed by atoms with Crippen LogP contribution in [0.4, 0.5) is 0 Å². The van der Waals surface area contributed by atoms with Gasteiger partial charge in [-0.05, 0) is 43.7 Å². The highest BCUT2D eigenvalue weighted by Gasteiger charge is 2.22. The van der Waals surface area contributed by atoms with E-state index < -0.39 is 0 Å². The normalized spacial score (nSPS) is 16.9. The summed E-state index contributed by atoms with van der Waals surface area (Å²) in [6, 6.07) is 19.5. The molecule has 24 heavy (non-hydrogen) atoms. The second-order valence-electron chi connectivity index (χ2n) is 6.82. The van der Waals surface area contributed by atoms with Crippen molar-refractivity contribution in [3.8, 4) is 0 Å². The summed E-state index contributed by atoms with van der Waals surface area (Å²) in [6.45, 7) is 5.25. The molecule has 1 fully saturated rings. The molecule has 2 heteroatoms. The van der Waals surface area contributed by atoms with Crippen molar-refractivity contribution in [1.82, 2.24) is 4.90 Å². The minimum Gasteiger partial charge on any atom is -0.359 e. The van der Waals surface area contributed by atoms with Gasteiger partial charge in [-0.15, -0.1) is 0 Å². The molecule has 0 radical (unpaired) electrons. The molecule has 0 amide bonds. The van der Waals surface area contributed by atoms with Crippen molar-refractivity contribution < 1.29 is 4.74 Å². The van der Waals surface area contributed by atoms with Crippen LogP contribution in [0, 0.1) is 6.92 Å². The Bertz CT molecular complexity index is 587. The highest BCUT2D eigenvalue weighted by atomic mass is 16.5. The summed E-state index contributed by atoms with van der Waals surface area (Å²) in [5.74, 6) is 0. The number of aryl methyl sites for hydroxylation is 2. The van der Waals surface area contributed by atoms with Crippen molar-refractivity contribution in [2.45, 2.75) is 45.3 Å². The SMILES string of the molecule is Cc1ccc(C(OCCCc2ccccc2)N2CCCCC2)cc1. The molecule has 0 bridgehead atoms. The quantitative estimate of drug-likeness (QED) is 0.655. The molecular formula is C22H29NO. The maximum Gasteiger partial charge on any atom is 0.136 e. The smallest absolute Gasteiger partial charge is 0.136 e. The van der Waals surface area contributed by atoms with Crippen LogP contribution in [-0.2, 0) is 11.2 Å². The topological polar surface area (TPSA) is 12.5 Å². The maximum atomic E-state index is 6.36. The Labute approximate surface area is 146 Å². The Hall–Kier alpha value is -1.64. The molecule has 1 aliphatic rings. The van der Waals surface area contributed by atoms with Crippen molar-refractivity contribution in [3.05, 3.63) is 71.3 Å². The van der Waals surface area contributed by atoms with E-state index >= 15 is 0 Å². The standard InChI is InChI=1S/C22H29NO/c1-19-12-14-21(15-13-19)22(23-16-6-3-7-17-23)24-18-8-11-20-9-4-2-5-10-20/h2,4-5,9-10,12-15,22H,3,6-8,11,16-18H2,1H3. The lowest BCUT2D eigenvalue weighted by molar-refractivity contribution is -0.0707.